The summed E-state index contributed by atoms with van der Waals surface area (Å²) in [4.78, 5) is 14.7. The smallest absolute Gasteiger partial charge is 0.332 e. The molecular weight excluding hydrogens is 210 g/mol. The molecule has 1 aromatic carbocycles. The lowest BCUT2D eigenvalue weighted by molar-refractivity contribution is -0.150. The van der Waals surface area contributed by atoms with Gasteiger partial charge < -0.3 is 14.3 Å². The molecule has 0 spiro atoms. The van der Waals surface area contributed by atoms with Gasteiger partial charge in [-0.25, -0.2) is 9.78 Å². The number of fused-ring (bicyclic) bond motifs is 1. The first-order valence-corrected chi connectivity index (χ1v) is 4.85. The largest absolute Gasteiger partial charge is 0.479 e. The van der Waals surface area contributed by atoms with E-state index in [1.807, 2.05) is 18.2 Å². The Morgan fingerprint density at radius 2 is 2.31 bits per heavy atom. The van der Waals surface area contributed by atoms with Crippen molar-refractivity contribution < 1.29 is 19.1 Å². The Morgan fingerprint density at radius 1 is 1.56 bits per heavy atom. The van der Waals surface area contributed by atoms with E-state index in [1.54, 1.807) is 6.07 Å². The Morgan fingerprint density at radius 3 is 3.00 bits per heavy atom. The van der Waals surface area contributed by atoms with Crippen molar-refractivity contribution in [1.82, 2.24) is 4.98 Å². The van der Waals surface area contributed by atoms with Crippen LogP contribution >= 0.6 is 0 Å². The van der Waals surface area contributed by atoms with Crippen molar-refractivity contribution in [2.24, 2.45) is 0 Å². The molecule has 0 saturated carbocycles. The standard InChI is InChI=1S/C11H11NO4/c1-7(11(13)14)15-6-10-12-8-4-2-3-5-9(8)16-10/h2-5,7H,6H2,1H3,(H,13,14)/t7-/m1/s1. The minimum atomic E-state index is -1.00. The molecule has 2 aromatic rings. The maximum atomic E-state index is 10.5. The predicted molar refractivity (Wildman–Crippen MR) is 55.9 cm³/mol. The van der Waals surface area contributed by atoms with E-state index in [9.17, 15) is 4.79 Å². The third kappa shape index (κ3) is 2.20. The van der Waals surface area contributed by atoms with Crippen molar-refractivity contribution in [3.63, 3.8) is 0 Å². The first kappa shape index (κ1) is 10.6. The fraction of sp³-hybridized carbons (Fsp3) is 0.273. The quantitative estimate of drug-likeness (QED) is 0.852. The zero-order valence-electron chi connectivity index (χ0n) is 8.71. The number of ether oxygens (including phenoxy) is 1. The number of aliphatic carboxylic acids is 1. The molecule has 0 amide bonds. The molecule has 5 nitrogen and oxygen atoms in total. The zero-order valence-corrected chi connectivity index (χ0v) is 8.71. The molecule has 0 saturated heterocycles. The van der Waals surface area contributed by atoms with E-state index >= 15 is 0 Å². The molecule has 84 valence electrons. The number of carbonyl (C=O) groups is 1. The molecule has 0 bridgehead atoms. The number of benzene rings is 1. The van der Waals surface area contributed by atoms with Crippen LogP contribution in [0.25, 0.3) is 11.1 Å². The van der Waals surface area contributed by atoms with Crippen LogP contribution in [0.5, 0.6) is 0 Å². The average Bonchev–Trinajstić information content (AvgIpc) is 2.68. The number of hydrogen-bond donors (Lipinski definition) is 1. The van der Waals surface area contributed by atoms with E-state index in [2.05, 4.69) is 4.98 Å². The molecule has 16 heavy (non-hydrogen) atoms. The van der Waals surface area contributed by atoms with Gasteiger partial charge in [-0.1, -0.05) is 12.1 Å². The molecule has 1 N–H and O–H groups in total. The number of rotatable bonds is 4. The molecule has 0 radical (unpaired) electrons. The molecule has 0 unspecified atom stereocenters. The SMILES string of the molecule is C[C@@H](OCc1nc2ccccc2o1)C(=O)O. The van der Waals surface area contributed by atoms with Crippen molar-refractivity contribution in [2.45, 2.75) is 19.6 Å². The van der Waals surface area contributed by atoms with Crippen molar-refractivity contribution in [3.05, 3.63) is 30.2 Å². The van der Waals surface area contributed by atoms with Gasteiger partial charge in [0.05, 0.1) is 0 Å². The van der Waals surface area contributed by atoms with Gasteiger partial charge in [0.25, 0.3) is 0 Å². The van der Waals surface area contributed by atoms with Gasteiger partial charge in [0.2, 0.25) is 5.89 Å². The van der Waals surface area contributed by atoms with E-state index in [4.69, 9.17) is 14.3 Å². The molecule has 0 aliphatic heterocycles. The summed E-state index contributed by atoms with van der Waals surface area (Å²) in [6, 6.07) is 7.32. The van der Waals surface area contributed by atoms with Gasteiger partial charge in [0, 0.05) is 0 Å². The summed E-state index contributed by atoms with van der Waals surface area (Å²) in [5.41, 5.74) is 1.41. The van der Waals surface area contributed by atoms with Gasteiger partial charge in [-0.05, 0) is 19.1 Å². The van der Waals surface area contributed by atoms with Crippen LogP contribution in [0.2, 0.25) is 0 Å². The Hall–Kier alpha value is -1.88. The van der Waals surface area contributed by atoms with Crippen LogP contribution in [-0.4, -0.2) is 22.2 Å². The van der Waals surface area contributed by atoms with E-state index in [-0.39, 0.29) is 6.61 Å². The van der Waals surface area contributed by atoms with Gasteiger partial charge in [0.15, 0.2) is 11.7 Å². The molecule has 0 aliphatic carbocycles. The first-order valence-electron chi connectivity index (χ1n) is 4.85. The summed E-state index contributed by atoms with van der Waals surface area (Å²) in [5, 5.41) is 8.62. The Bertz CT molecular complexity index is 472. The maximum Gasteiger partial charge on any atom is 0.332 e. The van der Waals surface area contributed by atoms with Crippen LogP contribution in [0.15, 0.2) is 28.7 Å². The van der Waals surface area contributed by atoms with Crippen LogP contribution in [0, 0.1) is 0 Å². The predicted octanol–water partition coefficient (Wildman–Crippen LogP) is 1.82. The van der Waals surface area contributed by atoms with E-state index in [0.29, 0.717) is 11.5 Å². The van der Waals surface area contributed by atoms with E-state index < -0.39 is 12.1 Å². The zero-order chi connectivity index (χ0) is 11.5. The molecule has 1 heterocycles. The third-order valence-corrected chi connectivity index (χ3v) is 2.14. The maximum absolute atomic E-state index is 10.5. The lowest BCUT2D eigenvalue weighted by Crippen LogP contribution is -2.19. The van der Waals surface area contributed by atoms with Crippen LogP contribution in [0.4, 0.5) is 0 Å². The van der Waals surface area contributed by atoms with E-state index in [0.717, 1.165) is 5.52 Å². The lowest BCUT2D eigenvalue weighted by atomic mass is 10.3. The van der Waals surface area contributed by atoms with Crippen LogP contribution < -0.4 is 0 Å². The summed E-state index contributed by atoms with van der Waals surface area (Å²) in [5.74, 6) is -0.620. The summed E-state index contributed by atoms with van der Waals surface area (Å²) in [7, 11) is 0. The minimum absolute atomic E-state index is 0.0577. The number of para-hydroxylation sites is 2. The van der Waals surface area contributed by atoms with Gasteiger partial charge in [-0.2, -0.15) is 0 Å². The van der Waals surface area contributed by atoms with E-state index in [1.165, 1.54) is 6.92 Å². The second-order valence-electron chi connectivity index (χ2n) is 3.37. The Balaban J connectivity index is 2.07. The summed E-state index contributed by atoms with van der Waals surface area (Å²) in [6.07, 6.45) is -0.866. The van der Waals surface area contributed by atoms with Crippen LogP contribution in [0.1, 0.15) is 12.8 Å². The minimum Gasteiger partial charge on any atom is -0.479 e. The molecular formula is C11H11NO4. The molecule has 5 heteroatoms. The van der Waals surface area contributed by atoms with Crippen molar-refractivity contribution >= 4 is 17.1 Å². The second kappa shape index (κ2) is 4.32. The monoisotopic (exact) mass is 221 g/mol. The first-order chi connectivity index (χ1) is 7.66. The highest BCUT2D eigenvalue weighted by Crippen LogP contribution is 2.15. The summed E-state index contributed by atoms with van der Waals surface area (Å²) in [6.45, 7) is 1.52. The molecule has 0 aliphatic rings. The number of carboxylic acids is 1. The Kier molecular flexibility index (Phi) is 2.87. The van der Waals surface area contributed by atoms with Gasteiger partial charge in [0.1, 0.15) is 12.1 Å². The lowest BCUT2D eigenvalue weighted by Gasteiger charge is -2.04. The normalized spacial score (nSPS) is 12.8. The fourth-order valence-electron chi connectivity index (χ4n) is 1.25. The highest BCUT2D eigenvalue weighted by Gasteiger charge is 2.13. The highest BCUT2D eigenvalue weighted by atomic mass is 16.5. The molecule has 1 aromatic heterocycles. The Labute approximate surface area is 91.7 Å². The van der Waals surface area contributed by atoms with Crippen molar-refractivity contribution in [1.29, 1.82) is 0 Å². The molecule has 1 atom stereocenters. The van der Waals surface area contributed by atoms with Crippen LogP contribution in [0.3, 0.4) is 0 Å². The van der Waals surface area contributed by atoms with Gasteiger partial charge >= 0.3 is 5.97 Å². The fourth-order valence-corrected chi connectivity index (χ4v) is 1.25. The number of aromatic nitrogens is 1. The highest BCUT2D eigenvalue weighted by molar-refractivity contribution is 5.72. The van der Waals surface area contributed by atoms with Crippen LogP contribution in [-0.2, 0) is 16.1 Å². The number of nitrogens with zero attached hydrogens (tertiary/aromatic N) is 1. The average molecular weight is 221 g/mol. The number of carboxylic acid groups (broad SMARTS) is 1. The second-order valence-corrected chi connectivity index (χ2v) is 3.37. The number of oxazole rings is 1. The van der Waals surface area contributed by atoms with Crippen molar-refractivity contribution in [3.8, 4) is 0 Å². The van der Waals surface area contributed by atoms with Crippen molar-refractivity contribution in [2.75, 3.05) is 0 Å². The molecule has 2 rings (SSSR count). The topological polar surface area (TPSA) is 72.6 Å². The van der Waals surface area contributed by atoms with Gasteiger partial charge in [-0.15, -0.1) is 0 Å². The summed E-state index contributed by atoms with van der Waals surface area (Å²) >= 11 is 0. The molecule has 0 fully saturated rings. The summed E-state index contributed by atoms with van der Waals surface area (Å²) < 4.78 is 10.4. The number of hydrogen-bond acceptors (Lipinski definition) is 4. The van der Waals surface area contributed by atoms with Gasteiger partial charge in [-0.3, -0.25) is 0 Å². The third-order valence-electron chi connectivity index (χ3n) is 2.14.